The maximum Gasteiger partial charge on any atom is 0.165 e. The molecule has 0 aromatic heterocycles. The Bertz CT molecular complexity index is 1200. The zero-order valence-corrected chi connectivity index (χ0v) is 24.4. The number of benzene rings is 2. The summed E-state index contributed by atoms with van der Waals surface area (Å²) in [5, 5.41) is 3.90. The fraction of sp³-hybridized carbons (Fsp3) is 0.556. The Hall–Kier alpha value is -1.10. The van der Waals surface area contributed by atoms with Crippen LogP contribution in [0.5, 0.6) is 5.75 Å². The van der Waals surface area contributed by atoms with Gasteiger partial charge in [-0.1, -0.05) is 30.2 Å². The van der Waals surface area contributed by atoms with E-state index in [1.54, 1.807) is 12.1 Å². The van der Waals surface area contributed by atoms with Crippen molar-refractivity contribution in [2.24, 2.45) is 5.92 Å². The van der Waals surface area contributed by atoms with Crippen LogP contribution < -0.4 is 10.1 Å². The summed E-state index contributed by atoms with van der Waals surface area (Å²) in [4.78, 5) is 0. The highest BCUT2D eigenvalue weighted by Crippen LogP contribution is 2.52. The standard InChI is InChI=1S/C27H32ClF2NO4S.ClH.H2S/c28-19-6-4-18(5-7-19)15-27-11-13-34-24(10-14-36(32,33)17-20-3-1-2-12-31-20)21(27)16-35-26-23(30)9-8-22(29)25(26)27;;/h4-9,20-21,24,31H,1-3,10-17H2;1H;1H2/t20-,21-,24-,27-;;/m0../s1. The van der Waals surface area contributed by atoms with Gasteiger partial charge < -0.3 is 14.8 Å². The number of halogens is 4. The molecule has 0 aliphatic carbocycles. The van der Waals surface area contributed by atoms with Crippen LogP contribution in [0.1, 0.15) is 43.2 Å². The van der Waals surface area contributed by atoms with Crippen LogP contribution in [0.2, 0.25) is 5.02 Å². The summed E-state index contributed by atoms with van der Waals surface area (Å²) in [5.41, 5.74) is 0.388. The van der Waals surface area contributed by atoms with Gasteiger partial charge in [-0.2, -0.15) is 13.5 Å². The van der Waals surface area contributed by atoms with Gasteiger partial charge in [-0.25, -0.2) is 17.2 Å². The highest BCUT2D eigenvalue weighted by atomic mass is 35.5. The van der Waals surface area contributed by atoms with E-state index in [2.05, 4.69) is 5.32 Å². The molecule has 2 fully saturated rings. The number of fused-ring (bicyclic) bond motifs is 3. The lowest BCUT2D eigenvalue weighted by atomic mass is 9.60. The Kier molecular flexibility index (Phi) is 10.8. The molecule has 2 aromatic carbocycles. The third-order valence-corrected chi connectivity index (χ3v) is 10.0. The van der Waals surface area contributed by atoms with Gasteiger partial charge in [0.2, 0.25) is 0 Å². The lowest BCUT2D eigenvalue weighted by molar-refractivity contribution is -0.0963. The second-order valence-corrected chi connectivity index (χ2v) is 13.0. The molecule has 2 aromatic rings. The minimum absolute atomic E-state index is 0. The molecular formula is C27H35Cl2F2NO4S2. The lowest BCUT2D eigenvalue weighted by Crippen LogP contribution is -2.55. The number of piperidine rings is 1. The molecule has 1 N–H and O–H groups in total. The molecule has 4 atom stereocenters. The van der Waals surface area contributed by atoms with Crippen LogP contribution in [-0.4, -0.2) is 51.8 Å². The predicted octanol–water partition coefficient (Wildman–Crippen LogP) is 5.38. The zero-order chi connectivity index (χ0) is 25.3. The van der Waals surface area contributed by atoms with Crippen molar-refractivity contribution in [3.63, 3.8) is 0 Å². The zero-order valence-electron chi connectivity index (χ0n) is 21.1. The minimum atomic E-state index is -3.31. The molecule has 5 rings (SSSR count). The average molecular weight is 611 g/mol. The Labute approximate surface area is 241 Å². The third kappa shape index (κ3) is 6.61. The van der Waals surface area contributed by atoms with Gasteiger partial charge in [0.25, 0.3) is 0 Å². The van der Waals surface area contributed by atoms with Crippen LogP contribution in [0.15, 0.2) is 36.4 Å². The van der Waals surface area contributed by atoms with Crippen LogP contribution in [-0.2, 0) is 26.4 Å². The summed E-state index contributed by atoms with van der Waals surface area (Å²) in [7, 11) is -3.31. The van der Waals surface area contributed by atoms with Gasteiger partial charge in [0.05, 0.1) is 24.2 Å². The van der Waals surface area contributed by atoms with Crippen LogP contribution in [0, 0.1) is 17.6 Å². The first-order valence-corrected chi connectivity index (χ1v) is 14.9. The average Bonchev–Trinajstić information content (AvgIpc) is 2.86. The number of hydrogen-bond acceptors (Lipinski definition) is 5. The molecular weight excluding hydrogens is 575 g/mol. The fourth-order valence-electron chi connectivity index (χ4n) is 6.25. The van der Waals surface area contributed by atoms with E-state index in [-0.39, 0.29) is 73.7 Å². The number of ether oxygens (including phenoxy) is 2. The number of hydrogen-bond donors (Lipinski definition) is 1. The van der Waals surface area contributed by atoms with Crippen molar-refractivity contribution in [1.82, 2.24) is 5.32 Å². The molecule has 3 heterocycles. The molecule has 3 aliphatic rings. The summed E-state index contributed by atoms with van der Waals surface area (Å²) in [5.74, 6) is -1.38. The molecule has 0 unspecified atom stereocenters. The van der Waals surface area contributed by atoms with E-state index >= 15 is 4.39 Å². The first-order valence-electron chi connectivity index (χ1n) is 12.7. The monoisotopic (exact) mass is 609 g/mol. The largest absolute Gasteiger partial charge is 0.490 e. The van der Waals surface area contributed by atoms with Crippen molar-refractivity contribution in [3.05, 3.63) is 64.2 Å². The van der Waals surface area contributed by atoms with E-state index < -0.39 is 33.0 Å². The molecule has 212 valence electrons. The number of sulfone groups is 1. The summed E-state index contributed by atoms with van der Waals surface area (Å²) in [6.07, 6.45) is 3.74. The first-order chi connectivity index (χ1) is 17.3. The van der Waals surface area contributed by atoms with Gasteiger partial charge in [-0.15, -0.1) is 12.4 Å². The maximum absolute atomic E-state index is 15.4. The van der Waals surface area contributed by atoms with Gasteiger partial charge in [0.1, 0.15) is 5.82 Å². The van der Waals surface area contributed by atoms with E-state index in [0.29, 0.717) is 24.5 Å². The predicted molar refractivity (Wildman–Crippen MR) is 153 cm³/mol. The fourth-order valence-corrected chi connectivity index (χ4v) is 8.03. The summed E-state index contributed by atoms with van der Waals surface area (Å²) in [6, 6.07) is 9.59. The normalized spacial score (nSPS) is 26.7. The number of nitrogens with one attached hydrogen (secondary N) is 1. The van der Waals surface area contributed by atoms with Crippen molar-refractivity contribution in [2.75, 3.05) is 31.3 Å². The van der Waals surface area contributed by atoms with Crippen LogP contribution in [0.3, 0.4) is 0 Å². The smallest absolute Gasteiger partial charge is 0.165 e. The molecule has 0 bridgehead atoms. The van der Waals surface area contributed by atoms with Crippen molar-refractivity contribution < 1.29 is 26.7 Å². The summed E-state index contributed by atoms with van der Waals surface area (Å²) in [6.45, 7) is 1.31. The van der Waals surface area contributed by atoms with Gasteiger partial charge in [-0.3, -0.25) is 0 Å². The maximum atomic E-state index is 15.4. The van der Waals surface area contributed by atoms with Gasteiger partial charge in [0.15, 0.2) is 21.4 Å². The third-order valence-electron chi connectivity index (χ3n) is 8.02. The Morgan fingerprint density at radius 3 is 2.53 bits per heavy atom. The molecule has 5 nitrogen and oxygen atoms in total. The summed E-state index contributed by atoms with van der Waals surface area (Å²) >= 11 is 6.08. The van der Waals surface area contributed by atoms with E-state index in [9.17, 15) is 12.8 Å². The molecule has 0 saturated carbocycles. The molecule has 3 aliphatic heterocycles. The molecule has 0 amide bonds. The highest BCUT2D eigenvalue weighted by Gasteiger charge is 2.53. The van der Waals surface area contributed by atoms with E-state index in [0.717, 1.165) is 43.5 Å². The Morgan fingerprint density at radius 1 is 1.08 bits per heavy atom. The van der Waals surface area contributed by atoms with Crippen molar-refractivity contribution >= 4 is 47.3 Å². The molecule has 0 radical (unpaired) electrons. The Balaban J connectivity index is 0.00000200. The van der Waals surface area contributed by atoms with E-state index in [1.807, 2.05) is 12.1 Å². The van der Waals surface area contributed by atoms with Crippen molar-refractivity contribution in [1.29, 1.82) is 0 Å². The van der Waals surface area contributed by atoms with Crippen LogP contribution in [0.25, 0.3) is 0 Å². The minimum Gasteiger partial charge on any atom is -0.490 e. The van der Waals surface area contributed by atoms with Gasteiger partial charge >= 0.3 is 0 Å². The molecule has 11 heteroatoms. The lowest BCUT2D eigenvalue weighted by Gasteiger charge is -2.51. The molecule has 38 heavy (non-hydrogen) atoms. The second-order valence-electron chi connectivity index (χ2n) is 10.3. The highest BCUT2D eigenvalue weighted by molar-refractivity contribution is 7.91. The SMILES string of the molecule is Cl.O=S(=O)(CC[C@@H]1OCC[C@@]2(Cc3ccc(Cl)cc3)c3c(F)ccc(F)c3OC[C@@H]12)C[C@@H]1CCCCN1.S. The quantitative estimate of drug-likeness (QED) is 0.457. The Morgan fingerprint density at radius 2 is 1.82 bits per heavy atom. The summed E-state index contributed by atoms with van der Waals surface area (Å²) < 4.78 is 68.0. The molecule has 2 saturated heterocycles. The van der Waals surface area contributed by atoms with Crippen LogP contribution >= 0.6 is 37.5 Å². The van der Waals surface area contributed by atoms with Crippen molar-refractivity contribution in [3.8, 4) is 5.75 Å². The van der Waals surface area contributed by atoms with Crippen LogP contribution in [0.4, 0.5) is 8.78 Å². The van der Waals surface area contributed by atoms with Gasteiger partial charge in [0, 0.05) is 34.6 Å². The van der Waals surface area contributed by atoms with E-state index in [1.165, 1.54) is 0 Å². The molecule has 0 spiro atoms. The second kappa shape index (κ2) is 13.0. The van der Waals surface area contributed by atoms with Crippen molar-refractivity contribution in [2.45, 2.75) is 56.1 Å². The number of rotatable bonds is 7. The topological polar surface area (TPSA) is 64.6 Å². The van der Waals surface area contributed by atoms with E-state index in [4.69, 9.17) is 21.1 Å². The first kappa shape index (κ1) is 31.4. The van der Waals surface area contributed by atoms with Gasteiger partial charge in [-0.05, 0) is 68.5 Å².